The van der Waals surface area contributed by atoms with E-state index in [0.717, 1.165) is 9.87 Å². The quantitative estimate of drug-likeness (QED) is 0.219. The molecule has 1 N–H and O–H groups in total. The van der Waals surface area contributed by atoms with Crippen molar-refractivity contribution in [3.05, 3.63) is 81.8 Å². The molecular formula is C32H39Cl2N3O6S. The number of halogens is 2. The third-order valence-corrected chi connectivity index (χ3v) is 9.82. The van der Waals surface area contributed by atoms with E-state index < -0.39 is 28.5 Å². The van der Waals surface area contributed by atoms with Gasteiger partial charge in [0.1, 0.15) is 12.6 Å². The molecule has 3 aromatic rings. The van der Waals surface area contributed by atoms with Crippen LogP contribution in [0.25, 0.3) is 0 Å². The van der Waals surface area contributed by atoms with Crippen molar-refractivity contribution in [1.29, 1.82) is 0 Å². The third kappa shape index (κ3) is 8.16. The summed E-state index contributed by atoms with van der Waals surface area (Å²) in [5.41, 5.74) is 1.49. The topological polar surface area (TPSA) is 105 Å². The van der Waals surface area contributed by atoms with E-state index in [1.54, 1.807) is 43.3 Å². The molecule has 44 heavy (non-hydrogen) atoms. The van der Waals surface area contributed by atoms with E-state index in [0.29, 0.717) is 27.8 Å². The Kier molecular flexibility index (Phi) is 12.3. The first-order valence-corrected chi connectivity index (χ1v) is 16.4. The zero-order chi connectivity index (χ0) is 32.6. The smallest absolute Gasteiger partial charge is 0.264 e. The minimum atomic E-state index is -4.27. The zero-order valence-electron chi connectivity index (χ0n) is 25.8. The minimum absolute atomic E-state index is 0.00654. The van der Waals surface area contributed by atoms with E-state index in [1.807, 2.05) is 20.8 Å². The number of sulfonamides is 1. The van der Waals surface area contributed by atoms with Crippen LogP contribution < -0.4 is 19.1 Å². The second-order valence-electron chi connectivity index (χ2n) is 10.3. The number of methoxy groups -OCH3 is 2. The van der Waals surface area contributed by atoms with Gasteiger partial charge in [-0.25, -0.2) is 8.42 Å². The number of ether oxygens (including phenoxy) is 2. The molecule has 0 radical (unpaired) electrons. The van der Waals surface area contributed by atoms with Crippen molar-refractivity contribution in [2.75, 3.05) is 25.1 Å². The Labute approximate surface area is 270 Å². The van der Waals surface area contributed by atoms with Crippen LogP contribution in [-0.4, -0.2) is 58.0 Å². The SMILES string of the molecule is CC[C@H](C(=O)N[C@@H](C)CC)N(Cc1c(Cl)cccc1Cl)C(=O)CN(c1ccc(OC)c(OC)c1)S(=O)(=O)c1ccc(C)cc1. The Morgan fingerprint density at radius 1 is 0.909 bits per heavy atom. The van der Waals surface area contributed by atoms with Gasteiger partial charge >= 0.3 is 0 Å². The zero-order valence-corrected chi connectivity index (χ0v) is 28.1. The summed E-state index contributed by atoms with van der Waals surface area (Å²) < 4.78 is 40.1. The molecule has 2 amide bonds. The fourth-order valence-electron chi connectivity index (χ4n) is 4.56. The van der Waals surface area contributed by atoms with Gasteiger partial charge in [-0.15, -0.1) is 0 Å². The summed E-state index contributed by atoms with van der Waals surface area (Å²) in [6.07, 6.45) is 0.950. The van der Waals surface area contributed by atoms with Crippen molar-refractivity contribution in [1.82, 2.24) is 10.2 Å². The highest BCUT2D eigenvalue weighted by atomic mass is 35.5. The standard InChI is InChI=1S/C32H39Cl2N3O6S/c1-7-22(4)35-32(39)28(8-2)36(19-25-26(33)10-9-11-27(25)34)31(38)20-37(23-14-17-29(42-5)30(18-23)43-6)44(40,41)24-15-12-21(3)13-16-24/h9-18,22,28H,7-8,19-20H2,1-6H3,(H,35,39)/t22-,28+/m0/s1. The molecule has 238 valence electrons. The third-order valence-electron chi connectivity index (χ3n) is 7.32. The number of hydrogen-bond acceptors (Lipinski definition) is 6. The molecule has 0 aromatic heterocycles. The summed E-state index contributed by atoms with van der Waals surface area (Å²) in [5.74, 6) is -0.325. The lowest BCUT2D eigenvalue weighted by atomic mass is 10.1. The summed E-state index contributed by atoms with van der Waals surface area (Å²) in [6.45, 7) is 6.70. The average molecular weight is 665 g/mol. The predicted molar refractivity (Wildman–Crippen MR) is 174 cm³/mol. The predicted octanol–water partition coefficient (Wildman–Crippen LogP) is 6.24. The molecule has 0 aliphatic rings. The summed E-state index contributed by atoms with van der Waals surface area (Å²) in [6, 6.07) is 14.8. The number of aryl methyl sites for hydroxylation is 1. The van der Waals surface area contributed by atoms with Gasteiger partial charge in [0, 0.05) is 34.3 Å². The molecule has 0 saturated heterocycles. The molecule has 9 nitrogen and oxygen atoms in total. The van der Waals surface area contributed by atoms with Crippen LogP contribution in [-0.2, 0) is 26.2 Å². The Morgan fingerprint density at radius 2 is 1.52 bits per heavy atom. The van der Waals surface area contributed by atoms with Crippen LogP contribution in [0.3, 0.4) is 0 Å². The lowest BCUT2D eigenvalue weighted by molar-refractivity contribution is -0.140. The van der Waals surface area contributed by atoms with Crippen LogP contribution in [0.2, 0.25) is 10.0 Å². The monoisotopic (exact) mass is 663 g/mol. The Balaban J connectivity index is 2.16. The van der Waals surface area contributed by atoms with Crippen LogP contribution in [0.4, 0.5) is 5.69 Å². The van der Waals surface area contributed by atoms with Crippen LogP contribution in [0.5, 0.6) is 11.5 Å². The van der Waals surface area contributed by atoms with Crippen LogP contribution in [0.1, 0.15) is 44.7 Å². The van der Waals surface area contributed by atoms with Gasteiger partial charge in [-0.05, 0) is 63.1 Å². The maximum Gasteiger partial charge on any atom is 0.264 e. The maximum atomic E-state index is 14.3. The molecule has 12 heteroatoms. The molecule has 0 heterocycles. The molecule has 0 unspecified atom stereocenters. The van der Waals surface area contributed by atoms with Crippen molar-refractivity contribution in [2.45, 2.75) is 64.1 Å². The van der Waals surface area contributed by atoms with Gasteiger partial charge in [0.25, 0.3) is 10.0 Å². The Hall–Kier alpha value is -3.47. The van der Waals surface area contributed by atoms with Crippen LogP contribution >= 0.6 is 23.2 Å². The van der Waals surface area contributed by atoms with Crippen molar-refractivity contribution >= 4 is 50.7 Å². The number of carbonyl (C=O) groups is 2. The highest BCUT2D eigenvalue weighted by Gasteiger charge is 2.35. The molecule has 2 atom stereocenters. The summed E-state index contributed by atoms with van der Waals surface area (Å²) in [4.78, 5) is 29.1. The molecule has 0 bridgehead atoms. The van der Waals surface area contributed by atoms with Crippen molar-refractivity contribution in [3.63, 3.8) is 0 Å². The van der Waals surface area contributed by atoms with Crippen molar-refractivity contribution < 1.29 is 27.5 Å². The molecule has 0 aliphatic carbocycles. The first kappa shape index (κ1) is 35.0. The number of hydrogen-bond donors (Lipinski definition) is 1. The van der Waals surface area contributed by atoms with E-state index in [1.165, 1.54) is 43.4 Å². The lowest BCUT2D eigenvalue weighted by Crippen LogP contribution is -2.53. The van der Waals surface area contributed by atoms with Crippen LogP contribution in [0.15, 0.2) is 65.6 Å². The Bertz CT molecular complexity index is 1550. The van der Waals surface area contributed by atoms with E-state index >= 15 is 0 Å². The highest BCUT2D eigenvalue weighted by Crippen LogP contribution is 2.34. The molecule has 0 spiro atoms. The second kappa shape index (κ2) is 15.5. The van der Waals surface area contributed by atoms with E-state index in [2.05, 4.69) is 5.32 Å². The number of carbonyl (C=O) groups excluding carboxylic acids is 2. The average Bonchev–Trinajstić information content (AvgIpc) is 3.00. The van der Waals surface area contributed by atoms with E-state index in [4.69, 9.17) is 32.7 Å². The number of anilines is 1. The van der Waals surface area contributed by atoms with Gasteiger partial charge in [-0.3, -0.25) is 13.9 Å². The largest absolute Gasteiger partial charge is 0.493 e. The first-order valence-electron chi connectivity index (χ1n) is 14.2. The number of nitrogens with one attached hydrogen (secondary N) is 1. The normalized spacial score (nSPS) is 12.6. The summed E-state index contributed by atoms with van der Waals surface area (Å²) >= 11 is 13.0. The van der Waals surface area contributed by atoms with E-state index in [9.17, 15) is 18.0 Å². The number of amides is 2. The van der Waals surface area contributed by atoms with Crippen molar-refractivity contribution in [2.24, 2.45) is 0 Å². The second-order valence-corrected chi connectivity index (χ2v) is 13.0. The molecule has 3 rings (SSSR count). The minimum Gasteiger partial charge on any atom is -0.493 e. The Morgan fingerprint density at radius 3 is 2.07 bits per heavy atom. The molecule has 3 aromatic carbocycles. The highest BCUT2D eigenvalue weighted by molar-refractivity contribution is 7.92. The summed E-state index contributed by atoms with van der Waals surface area (Å²) in [7, 11) is -1.37. The molecule has 0 aliphatic heterocycles. The van der Waals surface area contributed by atoms with Gasteiger partial charge in [0.15, 0.2) is 11.5 Å². The van der Waals surface area contributed by atoms with Gasteiger partial charge in [-0.2, -0.15) is 0 Å². The number of benzene rings is 3. The number of nitrogens with zero attached hydrogens (tertiary/aromatic N) is 2. The lowest BCUT2D eigenvalue weighted by Gasteiger charge is -2.34. The van der Waals surface area contributed by atoms with Gasteiger partial charge in [-0.1, -0.05) is 60.8 Å². The fraction of sp³-hybridized carbons (Fsp3) is 0.375. The van der Waals surface area contributed by atoms with Gasteiger partial charge < -0.3 is 19.7 Å². The van der Waals surface area contributed by atoms with Crippen molar-refractivity contribution in [3.8, 4) is 11.5 Å². The number of rotatable bonds is 14. The first-order chi connectivity index (χ1) is 20.9. The molecule has 0 saturated carbocycles. The molecular weight excluding hydrogens is 625 g/mol. The fourth-order valence-corrected chi connectivity index (χ4v) is 6.48. The van der Waals surface area contributed by atoms with Gasteiger partial charge in [0.2, 0.25) is 11.8 Å². The van der Waals surface area contributed by atoms with Gasteiger partial charge in [0.05, 0.1) is 24.8 Å². The molecule has 0 fully saturated rings. The summed E-state index contributed by atoms with van der Waals surface area (Å²) in [5, 5.41) is 3.58. The maximum absolute atomic E-state index is 14.3. The van der Waals surface area contributed by atoms with E-state index in [-0.39, 0.29) is 41.2 Å². The van der Waals surface area contributed by atoms with Crippen LogP contribution in [0, 0.1) is 6.92 Å².